The van der Waals surface area contributed by atoms with E-state index in [1.807, 2.05) is 30.3 Å². The van der Waals surface area contributed by atoms with Crippen molar-refractivity contribution in [1.29, 1.82) is 0 Å². The summed E-state index contributed by atoms with van der Waals surface area (Å²) < 4.78 is 11.2. The Bertz CT molecular complexity index is 1090. The van der Waals surface area contributed by atoms with Crippen LogP contribution in [-0.2, 0) is 26.1 Å². The molecule has 6 rings (SSSR count). The van der Waals surface area contributed by atoms with E-state index in [1.54, 1.807) is 6.20 Å². The lowest BCUT2D eigenvalue weighted by Gasteiger charge is -2.32. The molecule has 4 aliphatic rings. The highest BCUT2D eigenvalue weighted by Gasteiger charge is 2.55. The third kappa shape index (κ3) is 2.81. The highest BCUT2D eigenvalue weighted by atomic mass is 16.6. The molecule has 1 aliphatic carbocycles. The second kappa shape index (κ2) is 6.94. The number of fused-ring (bicyclic) bond motifs is 2. The Hall–Kier alpha value is -2.61. The third-order valence-electron chi connectivity index (χ3n) is 7.74. The van der Waals surface area contributed by atoms with Gasteiger partial charge in [0.15, 0.2) is 11.4 Å². The number of esters is 1. The molecule has 3 fully saturated rings. The van der Waals surface area contributed by atoms with Crippen LogP contribution in [0.4, 0.5) is 0 Å². The van der Waals surface area contributed by atoms with Crippen LogP contribution in [0.15, 0.2) is 36.5 Å². The third-order valence-corrected chi connectivity index (χ3v) is 7.74. The van der Waals surface area contributed by atoms with E-state index in [0.717, 1.165) is 36.1 Å². The van der Waals surface area contributed by atoms with Gasteiger partial charge in [-0.2, -0.15) is 0 Å². The van der Waals surface area contributed by atoms with Crippen molar-refractivity contribution < 1.29 is 24.2 Å². The molecule has 1 unspecified atom stereocenters. The van der Waals surface area contributed by atoms with Gasteiger partial charge in [0.05, 0.1) is 16.6 Å². The largest absolute Gasteiger partial charge is 0.449 e. The van der Waals surface area contributed by atoms with Crippen LogP contribution in [0.5, 0.6) is 0 Å². The van der Waals surface area contributed by atoms with Gasteiger partial charge in [-0.3, -0.25) is 9.78 Å². The first-order valence-electron chi connectivity index (χ1n) is 11.4. The molecule has 7 nitrogen and oxygen atoms in total. The predicted octanol–water partition coefficient (Wildman–Crippen LogP) is 2.35. The van der Waals surface area contributed by atoms with E-state index >= 15 is 0 Å². The lowest BCUT2D eigenvalue weighted by molar-refractivity contribution is -0.0679. The van der Waals surface area contributed by atoms with Gasteiger partial charge in [0.1, 0.15) is 5.69 Å². The molecule has 1 saturated carbocycles. The van der Waals surface area contributed by atoms with Crippen LogP contribution in [0.2, 0.25) is 0 Å². The van der Waals surface area contributed by atoms with Gasteiger partial charge in [0.2, 0.25) is 0 Å². The van der Waals surface area contributed by atoms with Crippen molar-refractivity contribution in [3.05, 3.63) is 64.5 Å². The zero-order chi connectivity index (χ0) is 22.0. The number of nitrogens with zero attached hydrogens (tertiary/aromatic N) is 1. The van der Waals surface area contributed by atoms with Crippen LogP contribution in [0.1, 0.15) is 69.6 Å². The van der Waals surface area contributed by atoms with Crippen LogP contribution in [0.3, 0.4) is 0 Å². The van der Waals surface area contributed by atoms with E-state index < -0.39 is 22.6 Å². The zero-order valence-corrected chi connectivity index (χ0v) is 17.9. The summed E-state index contributed by atoms with van der Waals surface area (Å²) in [6.45, 7) is 2.41. The standard InChI is InChI=1S/C25H26N2O5/c28-21(20-19-18(5-11-27-20)25(32-22(19)29)8-12-26-15-25)23(6-7-23)16-1-3-17(4-2-16)24(30)9-13-31-14-10-24/h1-5,11,26,30H,6-10,12-15H2. The minimum atomic E-state index is -0.882. The van der Waals surface area contributed by atoms with Crippen molar-refractivity contribution in [2.45, 2.75) is 48.7 Å². The fraction of sp³-hybridized carbons (Fsp3) is 0.480. The number of Topliss-reactive ketones (excluding diaryl/α,β-unsaturated/α-hetero) is 1. The summed E-state index contributed by atoms with van der Waals surface area (Å²) in [5, 5.41) is 14.2. The van der Waals surface area contributed by atoms with Crippen molar-refractivity contribution in [3.63, 3.8) is 0 Å². The molecule has 166 valence electrons. The Balaban J connectivity index is 1.34. The Labute approximate surface area is 186 Å². The fourth-order valence-electron chi connectivity index (χ4n) is 5.59. The van der Waals surface area contributed by atoms with Gasteiger partial charge in [0.25, 0.3) is 0 Å². The molecule has 0 radical (unpaired) electrons. The minimum absolute atomic E-state index is 0.119. The van der Waals surface area contributed by atoms with Crippen LogP contribution < -0.4 is 5.32 Å². The van der Waals surface area contributed by atoms with Crippen LogP contribution in [0, 0.1) is 0 Å². The summed E-state index contributed by atoms with van der Waals surface area (Å²) in [6, 6.07) is 9.54. The number of benzene rings is 1. The van der Waals surface area contributed by atoms with Crippen molar-refractivity contribution in [1.82, 2.24) is 10.3 Å². The summed E-state index contributed by atoms with van der Waals surface area (Å²) in [5.74, 6) is -0.570. The van der Waals surface area contributed by atoms with Gasteiger partial charge in [0, 0.05) is 50.8 Å². The van der Waals surface area contributed by atoms with Crippen molar-refractivity contribution in [2.75, 3.05) is 26.3 Å². The summed E-state index contributed by atoms with van der Waals surface area (Å²) >= 11 is 0. The Morgan fingerprint density at radius 1 is 1.00 bits per heavy atom. The van der Waals surface area contributed by atoms with Crippen molar-refractivity contribution in [3.8, 4) is 0 Å². The molecule has 3 aliphatic heterocycles. The molecule has 0 amide bonds. The van der Waals surface area contributed by atoms with Crippen LogP contribution in [0.25, 0.3) is 0 Å². The number of carbonyl (C=O) groups excluding carboxylic acids is 2. The van der Waals surface area contributed by atoms with Crippen LogP contribution in [-0.4, -0.2) is 48.1 Å². The molecule has 2 saturated heterocycles. The van der Waals surface area contributed by atoms with Crippen molar-refractivity contribution in [2.24, 2.45) is 0 Å². The lowest BCUT2D eigenvalue weighted by atomic mass is 9.82. The molecule has 1 aromatic heterocycles. The number of aliphatic hydroxyl groups is 1. The summed E-state index contributed by atoms with van der Waals surface area (Å²) in [5.41, 5.74) is 0.869. The van der Waals surface area contributed by atoms with E-state index in [-0.39, 0.29) is 11.5 Å². The molecule has 0 bridgehead atoms. The number of hydrogen-bond acceptors (Lipinski definition) is 7. The second-order valence-corrected chi connectivity index (χ2v) is 9.53. The number of nitrogens with one attached hydrogen (secondary N) is 1. The molecular formula is C25H26N2O5. The SMILES string of the molecule is O=C1OC2(CCNC2)c2ccnc(C(=O)C3(c4ccc(C5(O)CCOCC5)cc4)CC3)c21. The Kier molecular flexibility index (Phi) is 4.35. The first kappa shape index (κ1) is 20.0. The molecule has 1 aromatic carbocycles. The van der Waals surface area contributed by atoms with Gasteiger partial charge in [-0.05, 0) is 36.6 Å². The summed E-state index contributed by atoms with van der Waals surface area (Å²) in [4.78, 5) is 30.9. The average molecular weight is 434 g/mol. The second-order valence-electron chi connectivity index (χ2n) is 9.53. The maximum atomic E-state index is 13.7. The number of pyridine rings is 1. The topological polar surface area (TPSA) is 97.8 Å². The fourth-order valence-corrected chi connectivity index (χ4v) is 5.59. The summed E-state index contributed by atoms with van der Waals surface area (Å²) in [7, 11) is 0. The maximum Gasteiger partial charge on any atom is 0.341 e. The smallest absolute Gasteiger partial charge is 0.341 e. The number of ketones is 1. The minimum Gasteiger partial charge on any atom is -0.449 e. The monoisotopic (exact) mass is 434 g/mol. The normalized spacial score (nSPS) is 27.2. The highest BCUT2D eigenvalue weighted by Crippen LogP contribution is 2.52. The summed E-state index contributed by atoms with van der Waals surface area (Å²) in [6.07, 6.45) is 4.88. The van der Waals surface area contributed by atoms with Crippen LogP contribution >= 0.6 is 0 Å². The highest BCUT2D eigenvalue weighted by molar-refractivity contribution is 6.12. The molecule has 2 aromatic rings. The van der Waals surface area contributed by atoms with Gasteiger partial charge >= 0.3 is 5.97 Å². The van der Waals surface area contributed by atoms with Gasteiger partial charge in [-0.25, -0.2) is 4.79 Å². The molecule has 4 heterocycles. The van der Waals surface area contributed by atoms with Gasteiger partial charge in [-0.1, -0.05) is 24.3 Å². The molecule has 1 atom stereocenters. The number of ether oxygens (including phenoxy) is 2. The first-order valence-corrected chi connectivity index (χ1v) is 11.4. The predicted molar refractivity (Wildman–Crippen MR) is 114 cm³/mol. The van der Waals surface area contributed by atoms with Gasteiger partial charge in [-0.15, -0.1) is 0 Å². The Morgan fingerprint density at radius 3 is 2.38 bits per heavy atom. The Morgan fingerprint density at radius 2 is 1.72 bits per heavy atom. The van der Waals surface area contributed by atoms with E-state index in [2.05, 4.69) is 10.3 Å². The number of hydrogen-bond donors (Lipinski definition) is 2. The molecule has 32 heavy (non-hydrogen) atoms. The number of aromatic nitrogens is 1. The molecule has 1 spiro atoms. The quantitative estimate of drug-likeness (QED) is 0.563. The number of carbonyl (C=O) groups is 2. The molecular weight excluding hydrogens is 408 g/mol. The molecule has 2 N–H and O–H groups in total. The van der Waals surface area contributed by atoms with Gasteiger partial charge < -0.3 is 19.9 Å². The van der Waals surface area contributed by atoms with Crippen molar-refractivity contribution >= 4 is 11.8 Å². The zero-order valence-electron chi connectivity index (χ0n) is 17.9. The maximum absolute atomic E-state index is 13.7. The number of rotatable bonds is 4. The molecule has 7 heteroatoms. The lowest BCUT2D eigenvalue weighted by Crippen LogP contribution is -2.33. The van der Waals surface area contributed by atoms with E-state index in [4.69, 9.17) is 9.47 Å². The van der Waals surface area contributed by atoms with E-state index in [1.165, 1.54) is 0 Å². The average Bonchev–Trinajstić information content (AvgIpc) is 3.42. The van der Waals surface area contributed by atoms with E-state index in [0.29, 0.717) is 44.6 Å². The first-order chi connectivity index (χ1) is 15.5. The van der Waals surface area contributed by atoms with E-state index in [9.17, 15) is 14.7 Å².